The highest BCUT2D eigenvalue weighted by atomic mass is 16.5. The first-order valence-corrected chi connectivity index (χ1v) is 6.92. The van der Waals surface area contributed by atoms with Gasteiger partial charge in [0.05, 0.1) is 5.69 Å². The summed E-state index contributed by atoms with van der Waals surface area (Å²) >= 11 is 0. The van der Waals surface area contributed by atoms with Gasteiger partial charge in [-0.05, 0) is 50.3 Å². The van der Waals surface area contributed by atoms with E-state index < -0.39 is 0 Å². The lowest BCUT2D eigenvalue weighted by Gasteiger charge is -2.33. The Morgan fingerprint density at radius 2 is 2.11 bits per heavy atom. The Hall–Kier alpha value is -1.55. The molecule has 2 aliphatic rings. The monoisotopic (exact) mass is 260 g/mol. The molecule has 4 heteroatoms. The van der Waals surface area contributed by atoms with Crippen molar-refractivity contribution in [2.24, 2.45) is 11.7 Å². The van der Waals surface area contributed by atoms with E-state index in [0.717, 1.165) is 17.0 Å². The van der Waals surface area contributed by atoms with Gasteiger partial charge in [-0.25, -0.2) is 0 Å². The zero-order valence-electron chi connectivity index (χ0n) is 11.4. The Kier molecular flexibility index (Phi) is 2.97. The van der Waals surface area contributed by atoms with Crippen molar-refractivity contribution in [3.8, 4) is 5.75 Å². The van der Waals surface area contributed by atoms with E-state index in [0.29, 0.717) is 5.92 Å². The van der Waals surface area contributed by atoms with Crippen LogP contribution in [0, 0.1) is 5.92 Å². The van der Waals surface area contributed by atoms with Crippen molar-refractivity contribution in [3.63, 3.8) is 0 Å². The van der Waals surface area contributed by atoms with Gasteiger partial charge < -0.3 is 15.4 Å². The van der Waals surface area contributed by atoms with Crippen LogP contribution in [-0.4, -0.2) is 18.6 Å². The zero-order chi connectivity index (χ0) is 13.6. The van der Waals surface area contributed by atoms with Gasteiger partial charge in [0.2, 0.25) is 0 Å². The number of carbonyl (C=O) groups excluding carboxylic acids is 1. The molecule has 102 valence electrons. The topological polar surface area (TPSA) is 55.6 Å². The van der Waals surface area contributed by atoms with Crippen molar-refractivity contribution in [2.45, 2.75) is 38.8 Å². The Bertz CT molecular complexity index is 509. The normalized spacial score (nSPS) is 20.2. The van der Waals surface area contributed by atoms with E-state index in [1.807, 2.05) is 36.9 Å². The number of fused-ring (bicyclic) bond motifs is 1. The van der Waals surface area contributed by atoms with Gasteiger partial charge in [0.25, 0.3) is 5.91 Å². The highest BCUT2D eigenvalue weighted by Crippen LogP contribution is 2.42. The molecule has 0 saturated heterocycles. The van der Waals surface area contributed by atoms with Gasteiger partial charge in [-0.15, -0.1) is 0 Å². The predicted molar refractivity (Wildman–Crippen MR) is 74.2 cm³/mol. The van der Waals surface area contributed by atoms with Crippen LogP contribution in [0.25, 0.3) is 0 Å². The molecule has 0 radical (unpaired) electrons. The van der Waals surface area contributed by atoms with Crippen molar-refractivity contribution >= 4 is 11.6 Å². The van der Waals surface area contributed by atoms with E-state index in [4.69, 9.17) is 10.5 Å². The summed E-state index contributed by atoms with van der Waals surface area (Å²) in [7, 11) is 0. The van der Waals surface area contributed by atoms with E-state index in [-0.39, 0.29) is 24.6 Å². The molecule has 0 aromatic heterocycles. The number of anilines is 1. The lowest BCUT2D eigenvalue weighted by Crippen LogP contribution is -2.43. The maximum Gasteiger partial charge on any atom is 0.265 e. The van der Waals surface area contributed by atoms with Gasteiger partial charge in [-0.2, -0.15) is 0 Å². The predicted octanol–water partition coefficient (Wildman–Crippen LogP) is 2.23. The maximum atomic E-state index is 12.0. The second kappa shape index (κ2) is 4.53. The van der Waals surface area contributed by atoms with Crippen LogP contribution >= 0.6 is 0 Å². The van der Waals surface area contributed by atoms with Crippen LogP contribution < -0.4 is 15.4 Å². The first-order chi connectivity index (χ1) is 9.08. The maximum absolute atomic E-state index is 12.0. The average Bonchev–Trinajstić information content (AvgIpc) is 3.20. The highest BCUT2D eigenvalue weighted by molar-refractivity contribution is 5.98. The molecule has 0 spiro atoms. The smallest absolute Gasteiger partial charge is 0.265 e. The average molecular weight is 260 g/mol. The first kappa shape index (κ1) is 12.5. The summed E-state index contributed by atoms with van der Waals surface area (Å²) < 4.78 is 5.49. The fourth-order valence-electron chi connectivity index (χ4n) is 2.69. The summed E-state index contributed by atoms with van der Waals surface area (Å²) in [6.45, 7) is 4.15. The minimum absolute atomic E-state index is 0.0136. The third-order valence-corrected chi connectivity index (χ3v) is 3.89. The number of rotatable bonds is 3. The minimum atomic E-state index is 0.0136. The molecule has 1 aromatic rings. The summed E-state index contributed by atoms with van der Waals surface area (Å²) in [5, 5.41) is 0. The number of ether oxygens (including phenoxy) is 1. The summed E-state index contributed by atoms with van der Waals surface area (Å²) in [5.74, 6) is 1.39. The van der Waals surface area contributed by atoms with Crippen LogP contribution in [0.5, 0.6) is 5.75 Å². The van der Waals surface area contributed by atoms with Gasteiger partial charge in [-0.1, -0.05) is 6.07 Å². The van der Waals surface area contributed by atoms with Gasteiger partial charge in [0.15, 0.2) is 6.61 Å². The summed E-state index contributed by atoms with van der Waals surface area (Å²) in [4.78, 5) is 13.8. The van der Waals surface area contributed by atoms with E-state index in [9.17, 15) is 4.79 Å². The fraction of sp³-hybridized carbons (Fsp3) is 0.533. The van der Waals surface area contributed by atoms with Crippen LogP contribution in [0.4, 0.5) is 5.69 Å². The van der Waals surface area contributed by atoms with Crippen molar-refractivity contribution in [1.29, 1.82) is 0 Å². The number of nitrogens with zero attached hydrogens (tertiary/aromatic N) is 1. The van der Waals surface area contributed by atoms with E-state index in [1.165, 1.54) is 12.8 Å². The van der Waals surface area contributed by atoms with E-state index in [1.54, 1.807) is 0 Å². The molecule has 1 aliphatic carbocycles. The molecule has 1 unspecified atom stereocenters. The molecule has 3 rings (SSSR count). The molecular weight excluding hydrogens is 240 g/mol. The van der Waals surface area contributed by atoms with Crippen molar-refractivity contribution in [1.82, 2.24) is 0 Å². The molecule has 0 bridgehead atoms. The van der Waals surface area contributed by atoms with Gasteiger partial charge in [-0.3, -0.25) is 4.79 Å². The van der Waals surface area contributed by atoms with Crippen molar-refractivity contribution < 1.29 is 9.53 Å². The lowest BCUT2D eigenvalue weighted by atomic mass is 10.0. The summed E-state index contributed by atoms with van der Waals surface area (Å²) in [5.41, 5.74) is 8.21. The van der Waals surface area contributed by atoms with Crippen molar-refractivity contribution in [2.75, 3.05) is 11.5 Å². The van der Waals surface area contributed by atoms with Gasteiger partial charge in [0.1, 0.15) is 5.75 Å². The molecule has 4 nitrogen and oxygen atoms in total. The largest absolute Gasteiger partial charge is 0.482 e. The van der Waals surface area contributed by atoms with Crippen molar-refractivity contribution in [3.05, 3.63) is 23.8 Å². The second-order valence-corrected chi connectivity index (χ2v) is 5.74. The highest BCUT2D eigenvalue weighted by Gasteiger charge is 2.32. The molecule has 1 fully saturated rings. The molecule has 19 heavy (non-hydrogen) atoms. The van der Waals surface area contributed by atoms with Gasteiger partial charge >= 0.3 is 0 Å². The standard InChI is InChI=1S/C15H20N2O2/c1-9(2)17-12-7-11(15(16)10-3-4-10)5-6-13(12)19-8-14(17)18/h5-7,9-10,15H,3-4,8,16H2,1-2H3. The van der Waals surface area contributed by atoms with Crippen LogP contribution in [-0.2, 0) is 4.79 Å². The molecular formula is C15H20N2O2. The fourth-order valence-corrected chi connectivity index (χ4v) is 2.69. The molecule has 2 N–H and O–H groups in total. The number of hydrogen-bond acceptors (Lipinski definition) is 3. The SMILES string of the molecule is CC(C)N1C(=O)COc2ccc(C(N)C3CC3)cc21. The number of carbonyl (C=O) groups is 1. The third-order valence-electron chi connectivity index (χ3n) is 3.89. The molecule has 1 heterocycles. The Labute approximate surface area is 113 Å². The third kappa shape index (κ3) is 2.21. The number of nitrogens with two attached hydrogens (primary N) is 1. The number of benzene rings is 1. The Morgan fingerprint density at radius 1 is 1.37 bits per heavy atom. The Balaban J connectivity index is 1.99. The van der Waals surface area contributed by atoms with E-state index in [2.05, 4.69) is 0 Å². The zero-order valence-corrected chi connectivity index (χ0v) is 11.4. The molecule has 1 amide bonds. The molecule has 1 aromatic carbocycles. The van der Waals surface area contributed by atoms with Crippen LogP contribution in [0.2, 0.25) is 0 Å². The summed E-state index contributed by atoms with van der Waals surface area (Å²) in [6.07, 6.45) is 2.42. The number of hydrogen-bond donors (Lipinski definition) is 1. The Morgan fingerprint density at radius 3 is 2.74 bits per heavy atom. The molecule has 1 aliphatic heterocycles. The molecule has 1 saturated carbocycles. The molecule has 1 atom stereocenters. The van der Waals surface area contributed by atoms with Crippen LogP contribution in [0.1, 0.15) is 38.3 Å². The number of amides is 1. The first-order valence-electron chi connectivity index (χ1n) is 6.92. The minimum Gasteiger partial charge on any atom is -0.482 e. The lowest BCUT2D eigenvalue weighted by molar-refractivity contribution is -0.121. The van der Waals surface area contributed by atoms with Gasteiger partial charge in [0, 0.05) is 12.1 Å². The van der Waals surface area contributed by atoms with Crippen LogP contribution in [0.15, 0.2) is 18.2 Å². The van der Waals surface area contributed by atoms with E-state index >= 15 is 0 Å². The van der Waals surface area contributed by atoms with Crippen LogP contribution in [0.3, 0.4) is 0 Å². The second-order valence-electron chi connectivity index (χ2n) is 5.74. The quantitative estimate of drug-likeness (QED) is 0.906. The summed E-state index contributed by atoms with van der Waals surface area (Å²) in [6, 6.07) is 6.19.